The molecule has 1 aromatic heterocycles. The van der Waals surface area contributed by atoms with Crippen LogP contribution in [-0.2, 0) is 4.79 Å². The zero-order valence-electron chi connectivity index (χ0n) is 13.9. The standard InChI is InChI=1S/C17H18ClN5O3/c18-12-1-3-13(4-2-12)21-16(24)11-22-5-7-23(8-6-22)15-10-19-14(9-20-15)17(25)26/h1-4,9-10H,5-8,11H2,(H,21,24)(H,25,26). The Morgan fingerprint density at radius 1 is 1.08 bits per heavy atom. The van der Waals surface area contributed by atoms with E-state index < -0.39 is 5.97 Å². The van der Waals surface area contributed by atoms with Crippen molar-refractivity contribution >= 4 is 35.0 Å². The van der Waals surface area contributed by atoms with Gasteiger partial charge in [-0.15, -0.1) is 0 Å². The Balaban J connectivity index is 1.48. The van der Waals surface area contributed by atoms with Gasteiger partial charge < -0.3 is 15.3 Å². The van der Waals surface area contributed by atoms with Gasteiger partial charge in [0.05, 0.1) is 18.9 Å². The number of aromatic nitrogens is 2. The Hall–Kier alpha value is -2.71. The third-order valence-corrected chi connectivity index (χ3v) is 4.30. The van der Waals surface area contributed by atoms with Gasteiger partial charge in [-0.3, -0.25) is 9.69 Å². The van der Waals surface area contributed by atoms with E-state index in [4.69, 9.17) is 16.7 Å². The lowest BCUT2D eigenvalue weighted by atomic mass is 10.3. The predicted molar refractivity (Wildman–Crippen MR) is 97.7 cm³/mol. The zero-order valence-corrected chi connectivity index (χ0v) is 14.7. The molecule has 26 heavy (non-hydrogen) atoms. The summed E-state index contributed by atoms with van der Waals surface area (Å²) in [4.78, 5) is 35.1. The van der Waals surface area contributed by atoms with Gasteiger partial charge in [0.25, 0.3) is 0 Å². The van der Waals surface area contributed by atoms with Crippen molar-refractivity contribution in [1.29, 1.82) is 0 Å². The number of hydrogen-bond donors (Lipinski definition) is 2. The second-order valence-electron chi connectivity index (χ2n) is 5.88. The summed E-state index contributed by atoms with van der Waals surface area (Å²) >= 11 is 5.83. The van der Waals surface area contributed by atoms with Crippen LogP contribution in [0.25, 0.3) is 0 Å². The van der Waals surface area contributed by atoms with Crippen LogP contribution in [0.5, 0.6) is 0 Å². The third-order valence-electron chi connectivity index (χ3n) is 4.05. The fourth-order valence-corrected chi connectivity index (χ4v) is 2.79. The van der Waals surface area contributed by atoms with Gasteiger partial charge >= 0.3 is 5.97 Å². The normalized spacial score (nSPS) is 14.9. The molecule has 1 amide bonds. The number of carbonyl (C=O) groups excluding carboxylic acids is 1. The Morgan fingerprint density at radius 3 is 2.35 bits per heavy atom. The van der Waals surface area contributed by atoms with Crippen LogP contribution in [0.15, 0.2) is 36.7 Å². The fraction of sp³-hybridized carbons (Fsp3) is 0.294. The predicted octanol–water partition coefficient (Wildman–Crippen LogP) is 1.59. The second kappa shape index (κ2) is 8.11. The summed E-state index contributed by atoms with van der Waals surface area (Å²) in [5, 5.41) is 12.3. The summed E-state index contributed by atoms with van der Waals surface area (Å²) in [5.41, 5.74) is 0.637. The average molecular weight is 376 g/mol. The summed E-state index contributed by atoms with van der Waals surface area (Å²) in [6.07, 6.45) is 2.72. The zero-order chi connectivity index (χ0) is 18.5. The molecule has 1 fully saturated rings. The van der Waals surface area contributed by atoms with Gasteiger partial charge in [0.1, 0.15) is 5.82 Å². The van der Waals surface area contributed by atoms with Crippen molar-refractivity contribution in [3.8, 4) is 0 Å². The number of rotatable bonds is 5. The highest BCUT2D eigenvalue weighted by Gasteiger charge is 2.20. The van der Waals surface area contributed by atoms with Crippen molar-refractivity contribution in [2.24, 2.45) is 0 Å². The number of carboxylic acids is 1. The highest BCUT2D eigenvalue weighted by Crippen LogP contribution is 2.14. The average Bonchev–Trinajstić information content (AvgIpc) is 2.64. The smallest absolute Gasteiger partial charge is 0.356 e. The van der Waals surface area contributed by atoms with E-state index in [-0.39, 0.29) is 11.6 Å². The van der Waals surface area contributed by atoms with Crippen LogP contribution in [0.4, 0.5) is 11.5 Å². The quantitative estimate of drug-likeness (QED) is 0.818. The highest BCUT2D eigenvalue weighted by atomic mass is 35.5. The lowest BCUT2D eigenvalue weighted by Crippen LogP contribution is -2.49. The summed E-state index contributed by atoms with van der Waals surface area (Å²) in [5.74, 6) is -0.535. The molecule has 0 radical (unpaired) electrons. The number of hydrogen-bond acceptors (Lipinski definition) is 6. The molecule has 0 unspecified atom stereocenters. The minimum absolute atomic E-state index is 0.0774. The van der Waals surface area contributed by atoms with Gasteiger partial charge in [-0.25, -0.2) is 14.8 Å². The fourth-order valence-electron chi connectivity index (χ4n) is 2.67. The van der Waals surface area contributed by atoms with Crippen LogP contribution >= 0.6 is 11.6 Å². The van der Waals surface area contributed by atoms with Gasteiger partial charge in [-0.1, -0.05) is 11.6 Å². The molecule has 1 aliphatic heterocycles. The third kappa shape index (κ3) is 4.68. The minimum atomic E-state index is -1.10. The van der Waals surface area contributed by atoms with Gasteiger partial charge in [-0.2, -0.15) is 0 Å². The van der Waals surface area contributed by atoms with Crippen LogP contribution in [0.3, 0.4) is 0 Å². The van der Waals surface area contributed by atoms with E-state index in [1.165, 1.54) is 12.4 Å². The van der Waals surface area contributed by atoms with E-state index in [0.717, 1.165) is 0 Å². The molecule has 0 atom stereocenters. The summed E-state index contributed by atoms with van der Waals surface area (Å²) < 4.78 is 0. The highest BCUT2D eigenvalue weighted by molar-refractivity contribution is 6.30. The molecule has 1 aliphatic rings. The van der Waals surface area contributed by atoms with Gasteiger partial charge in [0.2, 0.25) is 5.91 Å². The Labute approximate surface area is 155 Å². The number of carboxylic acid groups (broad SMARTS) is 1. The number of piperazine rings is 1. The Morgan fingerprint density at radius 2 is 1.77 bits per heavy atom. The molecule has 0 saturated carbocycles. The molecular weight excluding hydrogens is 358 g/mol. The molecule has 2 aromatic rings. The monoisotopic (exact) mass is 375 g/mol. The van der Waals surface area contributed by atoms with E-state index in [1.807, 2.05) is 4.90 Å². The number of nitrogens with zero attached hydrogens (tertiary/aromatic N) is 4. The lowest BCUT2D eigenvalue weighted by molar-refractivity contribution is -0.117. The molecule has 2 N–H and O–H groups in total. The molecule has 2 heterocycles. The number of anilines is 2. The maximum atomic E-state index is 12.1. The first-order valence-electron chi connectivity index (χ1n) is 8.09. The number of halogens is 1. The van der Waals surface area contributed by atoms with Crippen LogP contribution in [0.1, 0.15) is 10.5 Å². The van der Waals surface area contributed by atoms with Crippen molar-refractivity contribution in [3.05, 3.63) is 47.4 Å². The van der Waals surface area contributed by atoms with E-state index in [9.17, 15) is 9.59 Å². The SMILES string of the molecule is O=C(CN1CCN(c2cnc(C(=O)O)cn2)CC1)Nc1ccc(Cl)cc1. The van der Waals surface area contributed by atoms with Crippen LogP contribution < -0.4 is 10.2 Å². The van der Waals surface area contributed by atoms with Crippen molar-refractivity contribution in [2.45, 2.75) is 0 Å². The largest absolute Gasteiger partial charge is 0.476 e. The van der Waals surface area contributed by atoms with Crippen LogP contribution in [0, 0.1) is 0 Å². The maximum Gasteiger partial charge on any atom is 0.356 e. The van der Waals surface area contributed by atoms with Crippen molar-refractivity contribution in [1.82, 2.24) is 14.9 Å². The molecule has 0 aliphatic carbocycles. The molecule has 1 aromatic carbocycles. The summed E-state index contributed by atoms with van der Waals surface area (Å²) in [6.45, 7) is 3.09. The van der Waals surface area contributed by atoms with Gasteiger partial charge in [0.15, 0.2) is 5.69 Å². The van der Waals surface area contributed by atoms with Crippen molar-refractivity contribution in [2.75, 3.05) is 42.9 Å². The Bertz CT molecular complexity index is 774. The lowest BCUT2D eigenvalue weighted by Gasteiger charge is -2.34. The number of nitrogens with one attached hydrogen (secondary N) is 1. The topological polar surface area (TPSA) is 98.7 Å². The van der Waals surface area contributed by atoms with E-state index in [1.54, 1.807) is 24.3 Å². The molecule has 1 saturated heterocycles. The first-order chi connectivity index (χ1) is 12.5. The molecule has 0 bridgehead atoms. The van der Waals surface area contributed by atoms with Crippen LogP contribution in [-0.4, -0.2) is 64.6 Å². The first-order valence-corrected chi connectivity index (χ1v) is 8.47. The summed E-state index contributed by atoms with van der Waals surface area (Å²) in [7, 11) is 0. The molecule has 8 nitrogen and oxygen atoms in total. The summed E-state index contributed by atoms with van der Waals surface area (Å²) in [6, 6.07) is 6.98. The number of amides is 1. The van der Waals surface area contributed by atoms with Gasteiger partial charge in [0, 0.05) is 36.9 Å². The van der Waals surface area contributed by atoms with Crippen molar-refractivity contribution < 1.29 is 14.7 Å². The minimum Gasteiger partial charge on any atom is -0.476 e. The second-order valence-corrected chi connectivity index (χ2v) is 6.32. The van der Waals surface area contributed by atoms with Gasteiger partial charge in [-0.05, 0) is 24.3 Å². The number of benzene rings is 1. The molecular formula is C17H18ClN5O3. The van der Waals surface area contributed by atoms with E-state index >= 15 is 0 Å². The molecule has 136 valence electrons. The molecule has 3 rings (SSSR count). The number of carbonyl (C=O) groups is 2. The van der Waals surface area contributed by atoms with Crippen LogP contribution in [0.2, 0.25) is 5.02 Å². The molecule has 0 spiro atoms. The number of aromatic carboxylic acids is 1. The molecule has 9 heteroatoms. The van der Waals surface area contributed by atoms with E-state index in [0.29, 0.717) is 49.3 Å². The first kappa shape index (κ1) is 18.1. The van der Waals surface area contributed by atoms with Crippen molar-refractivity contribution in [3.63, 3.8) is 0 Å². The van der Waals surface area contributed by atoms with E-state index in [2.05, 4.69) is 20.2 Å². The maximum absolute atomic E-state index is 12.1. The Kier molecular flexibility index (Phi) is 5.65.